The molecule has 7 heteroatoms. The van der Waals surface area contributed by atoms with Gasteiger partial charge in [-0.05, 0) is 19.8 Å². The van der Waals surface area contributed by atoms with Crippen molar-refractivity contribution in [3.05, 3.63) is 0 Å². The van der Waals surface area contributed by atoms with Gasteiger partial charge < -0.3 is 15.8 Å². The fourth-order valence-corrected chi connectivity index (χ4v) is 2.71. The van der Waals surface area contributed by atoms with Crippen LogP contribution in [0.2, 0.25) is 0 Å². The zero-order valence-electron chi connectivity index (χ0n) is 10.0. The summed E-state index contributed by atoms with van der Waals surface area (Å²) in [5.41, 5.74) is 5.45. The highest BCUT2D eigenvalue weighted by atomic mass is 32.1. The molecule has 94 valence electrons. The molecule has 17 heavy (non-hydrogen) atoms. The maximum absolute atomic E-state index is 12.1. The lowest BCUT2D eigenvalue weighted by molar-refractivity contribution is -0.121. The second-order valence-corrected chi connectivity index (χ2v) is 5.38. The Morgan fingerprint density at radius 2 is 2.06 bits per heavy atom. The van der Waals surface area contributed by atoms with Gasteiger partial charge in [-0.15, -0.1) is 10.2 Å². The summed E-state index contributed by atoms with van der Waals surface area (Å²) in [6.45, 7) is 5.92. The van der Waals surface area contributed by atoms with Crippen LogP contribution < -0.4 is 11.1 Å². The van der Waals surface area contributed by atoms with E-state index in [0.29, 0.717) is 10.3 Å². The van der Waals surface area contributed by atoms with Crippen LogP contribution in [0.5, 0.6) is 0 Å². The molecule has 1 amide bonds. The van der Waals surface area contributed by atoms with Crippen LogP contribution in [0.15, 0.2) is 0 Å². The minimum Gasteiger partial charge on any atom is -0.374 e. The molecule has 0 spiro atoms. The number of rotatable bonds is 2. The maximum atomic E-state index is 12.1. The molecule has 4 unspecified atom stereocenters. The fraction of sp³-hybridized carbons (Fsp3) is 0.700. The van der Waals surface area contributed by atoms with Crippen molar-refractivity contribution in [2.24, 2.45) is 11.8 Å². The molecule has 4 atom stereocenters. The first-order valence-electron chi connectivity index (χ1n) is 5.54. The van der Waals surface area contributed by atoms with Crippen LogP contribution in [0.4, 0.5) is 10.3 Å². The van der Waals surface area contributed by atoms with Crippen LogP contribution >= 0.6 is 11.3 Å². The summed E-state index contributed by atoms with van der Waals surface area (Å²) in [5, 5.41) is 10.9. The molecule has 2 rings (SSSR count). The first kappa shape index (κ1) is 12.3. The Morgan fingerprint density at radius 3 is 2.53 bits per heavy atom. The Morgan fingerprint density at radius 1 is 1.35 bits per heavy atom. The SMILES string of the molecule is CC1OC(C)C(C(=O)Nc2nnc(N)s2)C1C. The van der Waals surface area contributed by atoms with Crippen molar-refractivity contribution in [2.45, 2.75) is 33.0 Å². The number of ether oxygens (including phenoxy) is 1. The van der Waals surface area contributed by atoms with Crippen molar-refractivity contribution >= 4 is 27.5 Å². The van der Waals surface area contributed by atoms with Crippen molar-refractivity contribution < 1.29 is 9.53 Å². The third kappa shape index (κ3) is 2.39. The van der Waals surface area contributed by atoms with E-state index in [9.17, 15) is 4.79 Å². The highest BCUT2D eigenvalue weighted by Gasteiger charge is 2.41. The lowest BCUT2D eigenvalue weighted by Crippen LogP contribution is -2.31. The van der Waals surface area contributed by atoms with Crippen LogP contribution in [0.3, 0.4) is 0 Å². The molecule has 0 radical (unpaired) electrons. The summed E-state index contributed by atoms with van der Waals surface area (Å²) in [5.74, 6) is -0.0455. The zero-order valence-corrected chi connectivity index (χ0v) is 10.8. The molecular formula is C10H16N4O2S. The van der Waals surface area contributed by atoms with E-state index in [2.05, 4.69) is 15.5 Å². The third-order valence-electron chi connectivity index (χ3n) is 3.22. The van der Waals surface area contributed by atoms with Gasteiger partial charge in [-0.2, -0.15) is 0 Å². The summed E-state index contributed by atoms with van der Waals surface area (Å²) in [6.07, 6.45) is 0.0190. The molecular weight excluding hydrogens is 240 g/mol. The Hall–Kier alpha value is -1.21. The van der Waals surface area contributed by atoms with Gasteiger partial charge in [-0.3, -0.25) is 4.79 Å². The van der Waals surface area contributed by atoms with Crippen molar-refractivity contribution in [3.8, 4) is 0 Å². The van der Waals surface area contributed by atoms with Gasteiger partial charge in [-0.25, -0.2) is 0 Å². The van der Waals surface area contributed by atoms with Gasteiger partial charge in [0, 0.05) is 0 Å². The van der Waals surface area contributed by atoms with Gasteiger partial charge in [-0.1, -0.05) is 18.3 Å². The van der Waals surface area contributed by atoms with Crippen LogP contribution in [0.1, 0.15) is 20.8 Å². The van der Waals surface area contributed by atoms with E-state index < -0.39 is 0 Å². The molecule has 1 saturated heterocycles. The Balaban J connectivity index is 2.05. The molecule has 1 aromatic rings. The maximum Gasteiger partial charge on any atom is 0.232 e. The molecule has 0 aromatic carbocycles. The molecule has 0 bridgehead atoms. The third-order valence-corrected chi connectivity index (χ3v) is 3.88. The van der Waals surface area contributed by atoms with Crippen LogP contribution in [0.25, 0.3) is 0 Å². The number of carbonyl (C=O) groups excluding carboxylic acids is 1. The topological polar surface area (TPSA) is 90.1 Å². The molecule has 2 heterocycles. The van der Waals surface area contributed by atoms with E-state index >= 15 is 0 Å². The van der Waals surface area contributed by atoms with Crippen molar-refractivity contribution in [1.82, 2.24) is 10.2 Å². The molecule has 6 nitrogen and oxygen atoms in total. The number of amides is 1. The van der Waals surface area contributed by atoms with Gasteiger partial charge >= 0.3 is 0 Å². The van der Waals surface area contributed by atoms with Crippen molar-refractivity contribution in [2.75, 3.05) is 11.1 Å². The van der Waals surface area contributed by atoms with E-state index in [0.717, 1.165) is 11.3 Å². The summed E-state index contributed by atoms with van der Waals surface area (Å²) < 4.78 is 5.63. The van der Waals surface area contributed by atoms with Crippen molar-refractivity contribution in [3.63, 3.8) is 0 Å². The number of aromatic nitrogens is 2. The standard InChI is InChI=1S/C10H16N4O2S/c1-4-5(2)16-6(3)7(4)8(15)12-10-14-13-9(11)17-10/h4-7H,1-3H3,(H2,11,13)(H,12,14,15). The van der Waals surface area contributed by atoms with Crippen LogP contribution in [0, 0.1) is 11.8 Å². The van der Waals surface area contributed by atoms with Gasteiger partial charge in [0.05, 0.1) is 18.1 Å². The highest BCUT2D eigenvalue weighted by molar-refractivity contribution is 7.18. The number of carbonyl (C=O) groups is 1. The van der Waals surface area contributed by atoms with E-state index in [4.69, 9.17) is 10.5 Å². The predicted octanol–water partition coefficient (Wildman–Crippen LogP) is 1.12. The van der Waals surface area contributed by atoms with E-state index in [1.807, 2.05) is 20.8 Å². The highest BCUT2D eigenvalue weighted by Crippen LogP contribution is 2.33. The quantitative estimate of drug-likeness (QED) is 0.827. The first-order chi connectivity index (χ1) is 7.99. The summed E-state index contributed by atoms with van der Waals surface area (Å²) >= 11 is 1.16. The Labute approximate surface area is 104 Å². The monoisotopic (exact) mass is 256 g/mol. The number of hydrogen-bond donors (Lipinski definition) is 2. The normalized spacial score (nSPS) is 32.6. The summed E-state index contributed by atoms with van der Waals surface area (Å²) in [6, 6.07) is 0. The zero-order chi connectivity index (χ0) is 12.6. The molecule has 0 aliphatic carbocycles. The Kier molecular flexibility index (Phi) is 3.30. The predicted molar refractivity (Wildman–Crippen MR) is 65.6 cm³/mol. The fourth-order valence-electron chi connectivity index (χ4n) is 2.19. The first-order valence-corrected chi connectivity index (χ1v) is 6.36. The number of nitrogen functional groups attached to an aromatic ring is 1. The average Bonchev–Trinajstić information content (AvgIpc) is 2.73. The molecule has 0 saturated carbocycles. The minimum atomic E-state index is -0.157. The number of hydrogen-bond acceptors (Lipinski definition) is 6. The van der Waals surface area contributed by atoms with E-state index in [-0.39, 0.29) is 30.0 Å². The van der Waals surface area contributed by atoms with E-state index in [1.54, 1.807) is 0 Å². The molecule has 1 aliphatic heterocycles. The largest absolute Gasteiger partial charge is 0.374 e. The lowest BCUT2D eigenvalue weighted by Gasteiger charge is -2.16. The van der Waals surface area contributed by atoms with E-state index in [1.165, 1.54) is 0 Å². The Bertz CT molecular complexity index is 422. The summed E-state index contributed by atoms with van der Waals surface area (Å²) in [4.78, 5) is 12.1. The lowest BCUT2D eigenvalue weighted by atomic mass is 9.89. The number of nitrogens with two attached hydrogens (primary N) is 1. The second-order valence-electron chi connectivity index (χ2n) is 4.37. The smallest absolute Gasteiger partial charge is 0.232 e. The molecule has 1 aliphatic rings. The van der Waals surface area contributed by atoms with Crippen molar-refractivity contribution in [1.29, 1.82) is 0 Å². The van der Waals surface area contributed by atoms with Crippen LogP contribution in [-0.2, 0) is 9.53 Å². The number of nitrogens with zero attached hydrogens (tertiary/aromatic N) is 2. The minimum absolute atomic E-state index is 0.0782. The van der Waals surface area contributed by atoms with Gasteiger partial charge in [0.15, 0.2) is 0 Å². The van der Waals surface area contributed by atoms with Gasteiger partial charge in [0.25, 0.3) is 0 Å². The average molecular weight is 256 g/mol. The number of nitrogens with one attached hydrogen (secondary N) is 1. The molecule has 3 N–H and O–H groups in total. The number of anilines is 2. The van der Waals surface area contributed by atoms with Crippen LogP contribution in [-0.4, -0.2) is 28.3 Å². The molecule has 1 aromatic heterocycles. The summed E-state index contributed by atoms with van der Waals surface area (Å²) in [7, 11) is 0. The van der Waals surface area contributed by atoms with Gasteiger partial charge in [0.1, 0.15) is 0 Å². The molecule has 1 fully saturated rings. The van der Waals surface area contributed by atoms with Gasteiger partial charge in [0.2, 0.25) is 16.2 Å². The second kappa shape index (κ2) is 4.58.